The van der Waals surface area contributed by atoms with E-state index in [4.69, 9.17) is 0 Å². The SMILES string of the molecule is CC(=O)c1cc2c(s1)NCCCS2. The fraction of sp³-hybridized carbons (Fsp3) is 0.444. The van der Waals surface area contributed by atoms with E-state index in [1.54, 1.807) is 18.3 Å². The van der Waals surface area contributed by atoms with Gasteiger partial charge in [0, 0.05) is 11.4 Å². The Hall–Kier alpha value is -0.480. The van der Waals surface area contributed by atoms with Crippen LogP contribution in [0.5, 0.6) is 0 Å². The standard InChI is InChI=1S/C9H11NOS2/c1-6(11)7-5-8-9(13-7)10-3-2-4-12-8/h5,10H,2-4H2,1H3. The van der Waals surface area contributed by atoms with Crippen molar-refractivity contribution in [2.45, 2.75) is 18.2 Å². The number of thioether (sulfide) groups is 1. The van der Waals surface area contributed by atoms with Gasteiger partial charge in [-0.3, -0.25) is 4.79 Å². The maximum Gasteiger partial charge on any atom is 0.169 e. The number of thiophene rings is 1. The summed E-state index contributed by atoms with van der Waals surface area (Å²) >= 11 is 3.42. The number of carbonyl (C=O) groups is 1. The molecule has 0 atom stereocenters. The summed E-state index contributed by atoms with van der Waals surface area (Å²) in [7, 11) is 0. The second-order valence-corrected chi connectivity index (χ2v) is 5.18. The highest BCUT2D eigenvalue weighted by molar-refractivity contribution is 7.99. The molecule has 0 saturated heterocycles. The molecule has 4 heteroatoms. The molecule has 1 aromatic rings. The van der Waals surface area contributed by atoms with E-state index in [1.165, 1.54) is 16.3 Å². The first kappa shape index (κ1) is 9.09. The Balaban J connectivity index is 2.32. The minimum absolute atomic E-state index is 0.167. The number of carbonyl (C=O) groups excluding carboxylic acids is 1. The Labute approximate surface area is 85.7 Å². The molecule has 0 bridgehead atoms. The summed E-state index contributed by atoms with van der Waals surface area (Å²) in [5.41, 5.74) is 0. The second kappa shape index (κ2) is 3.72. The highest BCUT2D eigenvalue weighted by Gasteiger charge is 2.13. The fourth-order valence-electron chi connectivity index (χ4n) is 1.23. The van der Waals surface area contributed by atoms with Crippen LogP contribution in [-0.4, -0.2) is 18.1 Å². The van der Waals surface area contributed by atoms with Crippen LogP contribution in [0.2, 0.25) is 0 Å². The number of anilines is 1. The third-order valence-corrected chi connectivity index (χ3v) is 4.36. The van der Waals surface area contributed by atoms with Crippen molar-refractivity contribution in [3.05, 3.63) is 10.9 Å². The first-order chi connectivity index (χ1) is 6.27. The smallest absolute Gasteiger partial charge is 0.169 e. The summed E-state index contributed by atoms with van der Waals surface area (Å²) in [6.45, 7) is 2.65. The number of hydrogen-bond donors (Lipinski definition) is 1. The lowest BCUT2D eigenvalue weighted by molar-refractivity contribution is 0.102. The average Bonchev–Trinajstić information content (AvgIpc) is 2.38. The molecular weight excluding hydrogens is 202 g/mol. The van der Waals surface area contributed by atoms with Crippen LogP contribution in [0.4, 0.5) is 5.00 Å². The summed E-state index contributed by atoms with van der Waals surface area (Å²) in [6.07, 6.45) is 1.20. The van der Waals surface area contributed by atoms with Crippen molar-refractivity contribution in [1.29, 1.82) is 0 Å². The zero-order valence-corrected chi connectivity index (χ0v) is 9.06. The number of nitrogens with one attached hydrogen (secondary N) is 1. The van der Waals surface area contributed by atoms with Crippen molar-refractivity contribution in [3.8, 4) is 0 Å². The van der Waals surface area contributed by atoms with Gasteiger partial charge < -0.3 is 5.32 Å². The van der Waals surface area contributed by atoms with E-state index in [9.17, 15) is 4.79 Å². The molecule has 0 aromatic carbocycles. The van der Waals surface area contributed by atoms with E-state index >= 15 is 0 Å². The van der Waals surface area contributed by atoms with Crippen molar-refractivity contribution in [1.82, 2.24) is 0 Å². The largest absolute Gasteiger partial charge is 0.376 e. The van der Waals surface area contributed by atoms with E-state index in [1.807, 2.05) is 17.8 Å². The fourth-order valence-corrected chi connectivity index (χ4v) is 3.40. The molecule has 2 heterocycles. The summed E-state index contributed by atoms with van der Waals surface area (Å²) in [5, 5.41) is 4.52. The van der Waals surface area contributed by atoms with Crippen molar-refractivity contribution in [2.24, 2.45) is 0 Å². The molecule has 2 nitrogen and oxygen atoms in total. The van der Waals surface area contributed by atoms with Crippen LogP contribution < -0.4 is 5.32 Å². The molecule has 0 unspecified atom stereocenters. The molecule has 0 spiro atoms. The van der Waals surface area contributed by atoms with Gasteiger partial charge in [-0.25, -0.2) is 0 Å². The summed E-state index contributed by atoms with van der Waals surface area (Å²) in [4.78, 5) is 13.2. The Morgan fingerprint density at radius 3 is 3.23 bits per heavy atom. The second-order valence-electron chi connectivity index (χ2n) is 2.99. The molecule has 1 aliphatic heterocycles. The van der Waals surface area contributed by atoms with E-state index < -0.39 is 0 Å². The quantitative estimate of drug-likeness (QED) is 0.727. The van der Waals surface area contributed by atoms with Gasteiger partial charge in [0.05, 0.1) is 4.88 Å². The van der Waals surface area contributed by atoms with Crippen LogP contribution in [0, 0.1) is 0 Å². The van der Waals surface area contributed by atoms with Gasteiger partial charge in [0.15, 0.2) is 5.78 Å². The van der Waals surface area contributed by atoms with Crippen LogP contribution in [0.1, 0.15) is 23.0 Å². The number of rotatable bonds is 1. The lowest BCUT2D eigenvalue weighted by Gasteiger charge is -1.97. The molecule has 0 radical (unpaired) electrons. The molecule has 2 rings (SSSR count). The van der Waals surface area contributed by atoms with Gasteiger partial charge in [0.2, 0.25) is 0 Å². The molecule has 1 N–H and O–H groups in total. The van der Waals surface area contributed by atoms with Crippen molar-refractivity contribution >= 4 is 33.9 Å². The Kier molecular flexibility index (Phi) is 2.60. The predicted octanol–water partition coefficient (Wildman–Crippen LogP) is 2.86. The van der Waals surface area contributed by atoms with E-state index in [2.05, 4.69) is 5.32 Å². The molecule has 0 saturated carbocycles. The van der Waals surface area contributed by atoms with Crippen LogP contribution in [0.3, 0.4) is 0 Å². The van der Waals surface area contributed by atoms with Gasteiger partial charge in [0.1, 0.15) is 5.00 Å². The lowest BCUT2D eigenvalue weighted by Crippen LogP contribution is -1.97. The molecule has 0 amide bonds. The Morgan fingerprint density at radius 1 is 1.62 bits per heavy atom. The van der Waals surface area contributed by atoms with Crippen LogP contribution in [-0.2, 0) is 0 Å². The molecule has 1 aromatic heterocycles. The van der Waals surface area contributed by atoms with Gasteiger partial charge in [-0.15, -0.1) is 23.1 Å². The minimum Gasteiger partial charge on any atom is -0.376 e. The van der Waals surface area contributed by atoms with E-state index in [-0.39, 0.29) is 5.78 Å². The highest BCUT2D eigenvalue weighted by Crippen LogP contribution is 2.37. The summed E-state index contributed by atoms with van der Waals surface area (Å²) in [5.74, 6) is 1.31. The Morgan fingerprint density at radius 2 is 2.46 bits per heavy atom. The topological polar surface area (TPSA) is 29.1 Å². The van der Waals surface area contributed by atoms with Crippen LogP contribution >= 0.6 is 23.1 Å². The van der Waals surface area contributed by atoms with Gasteiger partial charge in [0.25, 0.3) is 0 Å². The molecule has 1 aliphatic rings. The van der Waals surface area contributed by atoms with Gasteiger partial charge in [-0.1, -0.05) is 0 Å². The normalized spacial score (nSPS) is 15.8. The molecule has 70 valence electrons. The average molecular weight is 213 g/mol. The minimum atomic E-state index is 0.167. The zero-order chi connectivity index (χ0) is 9.26. The first-order valence-electron chi connectivity index (χ1n) is 4.29. The zero-order valence-electron chi connectivity index (χ0n) is 7.42. The summed E-state index contributed by atoms with van der Waals surface area (Å²) < 4.78 is 0. The van der Waals surface area contributed by atoms with Crippen molar-refractivity contribution in [3.63, 3.8) is 0 Å². The maximum absolute atomic E-state index is 11.1. The number of ketones is 1. The highest BCUT2D eigenvalue weighted by atomic mass is 32.2. The van der Waals surface area contributed by atoms with E-state index in [0.29, 0.717) is 0 Å². The third kappa shape index (κ3) is 1.89. The van der Waals surface area contributed by atoms with Crippen LogP contribution in [0.25, 0.3) is 0 Å². The molecular formula is C9H11NOS2. The molecule has 0 aliphatic carbocycles. The monoisotopic (exact) mass is 213 g/mol. The van der Waals surface area contributed by atoms with Gasteiger partial charge in [-0.2, -0.15) is 0 Å². The Bertz CT molecular complexity index is 309. The summed E-state index contributed by atoms with van der Waals surface area (Å²) in [6, 6.07) is 2.01. The third-order valence-electron chi connectivity index (χ3n) is 1.91. The van der Waals surface area contributed by atoms with Gasteiger partial charge in [-0.05, 0) is 25.2 Å². The van der Waals surface area contributed by atoms with Crippen LogP contribution in [0.15, 0.2) is 11.0 Å². The van der Waals surface area contributed by atoms with Crippen molar-refractivity contribution < 1.29 is 4.79 Å². The van der Waals surface area contributed by atoms with Gasteiger partial charge >= 0.3 is 0 Å². The predicted molar refractivity (Wildman–Crippen MR) is 58.2 cm³/mol. The van der Waals surface area contributed by atoms with E-state index in [0.717, 1.165) is 17.2 Å². The number of Topliss-reactive ketones (excluding diaryl/α,β-unsaturated/α-hetero) is 1. The molecule has 0 fully saturated rings. The number of hydrogen-bond acceptors (Lipinski definition) is 4. The first-order valence-corrected chi connectivity index (χ1v) is 6.09. The maximum atomic E-state index is 11.1. The molecule has 13 heavy (non-hydrogen) atoms. The lowest BCUT2D eigenvalue weighted by atomic mass is 10.3. The number of fused-ring (bicyclic) bond motifs is 1. The van der Waals surface area contributed by atoms with Crippen molar-refractivity contribution in [2.75, 3.05) is 17.6 Å².